The van der Waals surface area contributed by atoms with Crippen molar-refractivity contribution in [2.75, 3.05) is 13.7 Å². The average molecular weight is 331 g/mol. The number of halogens is 1. The number of carbonyl (C=O) groups excluding carboxylic acids is 1. The number of carbonyl (C=O) groups is 1. The first kappa shape index (κ1) is 15.8. The number of hydrogen-bond acceptors (Lipinski definition) is 4. The van der Waals surface area contributed by atoms with Gasteiger partial charge in [-0.25, -0.2) is 0 Å². The predicted octanol–water partition coefficient (Wildman–Crippen LogP) is 3.57. The van der Waals surface area contributed by atoms with Crippen LogP contribution in [0.4, 0.5) is 0 Å². The largest absolute Gasteiger partial charge is 0.493 e. The summed E-state index contributed by atoms with van der Waals surface area (Å²) < 4.78 is 16.8. The van der Waals surface area contributed by atoms with Gasteiger partial charge in [0.25, 0.3) is 0 Å². The molecule has 0 aliphatic rings. The number of hydrogen-bond donors (Lipinski definition) is 0. The molecule has 106 valence electrons. The van der Waals surface area contributed by atoms with Crippen LogP contribution in [0.1, 0.15) is 27.2 Å². The third-order valence-electron chi connectivity index (χ3n) is 2.12. The van der Waals surface area contributed by atoms with E-state index in [1.165, 1.54) is 0 Å². The molecule has 0 saturated carbocycles. The van der Waals surface area contributed by atoms with Crippen LogP contribution in [-0.2, 0) is 9.53 Å². The number of rotatable bonds is 5. The Kier molecular flexibility index (Phi) is 5.66. The van der Waals surface area contributed by atoms with Gasteiger partial charge in [0.15, 0.2) is 11.5 Å². The summed E-state index contributed by atoms with van der Waals surface area (Å²) >= 11 is 3.38. The van der Waals surface area contributed by atoms with E-state index in [0.29, 0.717) is 11.5 Å². The zero-order valence-electron chi connectivity index (χ0n) is 11.7. The third kappa shape index (κ3) is 5.51. The van der Waals surface area contributed by atoms with Gasteiger partial charge < -0.3 is 14.2 Å². The minimum Gasteiger partial charge on any atom is -0.493 e. The maximum atomic E-state index is 11.5. The van der Waals surface area contributed by atoms with E-state index in [9.17, 15) is 4.79 Å². The molecule has 0 bridgehead atoms. The Balaban J connectivity index is 2.52. The van der Waals surface area contributed by atoms with E-state index in [-0.39, 0.29) is 19.0 Å². The van der Waals surface area contributed by atoms with E-state index in [4.69, 9.17) is 14.2 Å². The van der Waals surface area contributed by atoms with E-state index in [1.807, 2.05) is 32.9 Å². The van der Waals surface area contributed by atoms with Crippen molar-refractivity contribution in [2.45, 2.75) is 32.8 Å². The van der Waals surface area contributed by atoms with Crippen LogP contribution < -0.4 is 9.47 Å². The van der Waals surface area contributed by atoms with Gasteiger partial charge in [-0.15, -0.1) is 0 Å². The zero-order chi connectivity index (χ0) is 14.5. The molecule has 1 aromatic carbocycles. The molecule has 0 fully saturated rings. The van der Waals surface area contributed by atoms with Gasteiger partial charge in [0.05, 0.1) is 24.6 Å². The number of benzene rings is 1. The monoisotopic (exact) mass is 330 g/mol. The predicted molar refractivity (Wildman–Crippen MR) is 76.7 cm³/mol. The molecule has 0 spiro atoms. The molecule has 1 aromatic rings. The highest BCUT2D eigenvalue weighted by Crippen LogP contribution is 2.34. The molecular weight excluding hydrogens is 312 g/mol. The topological polar surface area (TPSA) is 44.8 Å². The molecule has 5 heteroatoms. The van der Waals surface area contributed by atoms with Crippen molar-refractivity contribution < 1.29 is 19.0 Å². The van der Waals surface area contributed by atoms with Crippen molar-refractivity contribution >= 4 is 21.9 Å². The molecule has 0 unspecified atom stereocenters. The Morgan fingerprint density at radius 2 is 2.00 bits per heavy atom. The van der Waals surface area contributed by atoms with Gasteiger partial charge in [0.1, 0.15) is 5.60 Å². The molecule has 0 N–H and O–H groups in total. The summed E-state index contributed by atoms with van der Waals surface area (Å²) in [5.74, 6) is 0.936. The first-order valence-electron chi connectivity index (χ1n) is 6.00. The van der Waals surface area contributed by atoms with Gasteiger partial charge in [-0.05, 0) is 48.8 Å². The van der Waals surface area contributed by atoms with Crippen molar-refractivity contribution in [3.8, 4) is 11.5 Å². The van der Waals surface area contributed by atoms with Crippen molar-refractivity contribution in [3.05, 3.63) is 22.7 Å². The normalized spacial score (nSPS) is 11.0. The van der Waals surface area contributed by atoms with E-state index < -0.39 is 5.60 Å². The molecule has 0 aromatic heterocycles. The fourth-order valence-corrected chi connectivity index (χ4v) is 1.88. The summed E-state index contributed by atoms with van der Waals surface area (Å²) in [7, 11) is 1.57. The van der Waals surface area contributed by atoms with Crippen LogP contribution >= 0.6 is 15.9 Å². The van der Waals surface area contributed by atoms with Crippen LogP contribution in [-0.4, -0.2) is 25.3 Å². The second kappa shape index (κ2) is 6.80. The van der Waals surface area contributed by atoms with Gasteiger partial charge in [-0.3, -0.25) is 4.79 Å². The molecule has 4 nitrogen and oxygen atoms in total. The molecular formula is C14H19BrO4. The molecule has 0 aliphatic carbocycles. The molecule has 0 saturated heterocycles. The number of para-hydroxylation sites is 1. The van der Waals surface area contributed by atoms with Crippen LogP contribution in [0.5, 0.6) is 11.5 Å². The van der Waals surface area contributed by atoms with Crippen LogP contribution in [0, 0.1) is 0 Å². The summed E-state index contributed by atoms with van der Waals surface area (Å²) in [5, 5.41) is 0. The summed E-state index contributed by atoms with van der Waals surface area (Å²) in [6.45, 7) is 5.75. The molecule has 0 atom stereocenters. The second-order valence-corrected chi connectivity index (χ2v) is 5.81. The SMILES string of the molecule is COc1cccc(Br)c1OCCC(=O)OC(C)(C)C. The Hall–Kier alpha value is -1.23. The average Bonchev–Trinajstić information content (AvgIpc) is 2.28. The third-order valence-corrected chi connectivity index (χ3v) is 2.75. The molecule has 0 heterocycles. The van der Waals surface area contributed by atoms with Gasteiger partial charge in [-0.2, -0.15) is 0 Å². The standard InChI is InChI=1S/C14H19BrO4/c1-14(2,3)19-12(16)8-9-18-13-10(15)6-5-7-11(13)17-4/h5-7H,8-9H2,1-4H3. The van der Waals surface area contributed by atoms with Crippen molar-refractivity contribution in [1.82, 2.24) is 0 Å². The fourth-order valence-electron chi connectivity index (χ4n) is 1.42. The number of esters is 1. The van der Waals surface area contributed by atoms with Crippen LogP contribution in [0.15, 0.2) is 22.7 Å². The molecule has 0 radical (unpaired) electrons. The highest BCUT2D eigenvalue weighted by Gasteiger charge is 2.16. The summed E-state index contributed by atoms with van der Waals surface area (Å²) in [5.41, 5.74) is -0.470. The van der Waals surface area contributed by atoms with Crippen LogP contribution in [0.2, 0.25) is 0 Å². The van der Waals surface area contributed by atoms with E-state index in [1.54, 1.807) is 13.2 Å². The van der Waals surface area contributed by atoms with Gasteiger partial charge >= 0.3 is 5.97 Å². The highest BCUT2D eigenvalue weighted by molar-refractivity contribution is 9.10. The maximum Gasteiger partial charge on any atom is 0.309 e. The van der Waals surface area contributed by atoms with E-state index >= 15 is 0 Å². The second-order valence-electron chi connectivity index (χ2n) is 4.96. The summed E-state index contributed by atoms with van der Waals surface area (Å²) in [6, 6.07) is 5.50. The lowest BCUT2D eigenvalue weighted by Crippen LogP contribution is -2.24. The van der Waals surface area contributed by atoms with Gasteiger partial charge in [0.2, 0.25) is 0 Å². The van der Waals surface area contributed by atoms with E-state index in [0.717, 1.165) is 4.47 Å². The molecule has 1 rings (SSSR count). The van der Waals surface area contributed by atoms with E-state index in [2.05, 4.69) is 15.9 Å². The van der Waals surface area contributed by atoms with Crippen molar-refractivity contribution in [3.63, 3.8) is 0 Å². The lowest BCUT2D eigenvalue weighted by molar-refractivity contribution is -0.155. The minimum absolute atomic E-state index is 0.196. The van der Waals surface area contributed by atoms with Crippen molar-refractivity contribution in [1.29, 1.82) is 0 Å². The maximum absolute atomic E-state index is 11.5. The van der Waals surface area contributed by atoms with Gasteiger partial charge in [0, 0.05) is 0 Å². The Morgan fingerprint density at radius 1 is 1.32 bits per heavy atom. The van der Waals surface area contributed by atoms with Gasteiger partial charge in [-0.1, -0.05) is 6.07 Å². The van der Waals surface area contributed by atoms with Crippen LogP contribution in [0.3, 0.4) is 0 Å². The zero-order valence-corrected chi connectivity index (χ0v) is 13.2. The minimum atomic E-state index is -0.470. The molecule has 0 aliphatic heterocycles. The smallest absolute Gasteiger partial charge is 0.309 e. The highest BCUT2D eigenvalue weighted by atomic mass is 79.9. The molecule has 0 amide bonds. The Morgan fingerprint density at radius 3 is 2.58 bits per heavy atom. The number of methoxy groups -OCH3 is 1. The number of ether oxygens (including phenoxy) is 3. The summed E-state index contributed by atoms with van der Waals surface area (Å²) in [4.78, 5) is 11.5. The lowest BCUT2D eigenvalue weighted by atomic mass is 10.2. The van der Waals surface area contributed by atoms with Crippen LogP contribution in [0.25, 0.3) is 0 Å². The Labute approximate surface area is 122 Å². The summed E-state index contributed by atoms with van der Waals surface area (Å²) in [6.07, 6.45) is 0.196. The lowest BCUT2D eigenvalue weighted by Gasteiger charge is -2.19. The Bertz CT molecular complexity index is 438. The molecule has 19 heavy (non-hydrogen) atoms. The van der Waals surface area contributed by atoms with Crippen molar-refractivity contribution in [2.24, 2.45) is 0 Å². The first-order valence-corrected chi connectivity index (χ1v) is 6.80. The first-order chi connectivity index (χ1) is 8.83. The quantitative estimate of drug-likeness (QED) is 0.774. The fraction of sp³-hybridized carbons (Fsp3) is 0.500.